The Morgan fingerprint density at radius 2 is 1.78 bits per heavy atom. The second kappa shape index (κ2) is 10.3. The molecule has 9 heteroatoms. The van der Waals surface area contributed by atoms with Crippen molar-refractivity contribution < 1.29 is 19.1 Å². The van der Waals surface area contributed by atoms with Gasteiger partial charge in [-0.15, -0.1) is 11.8 Å². The first kappa shape index (κ1) is 21.2. The summed E-state index contributed by atoms with van der Waals surface area (Å²) in [5.41, 5.74) is 5.61. The molecule has 6 nitrogen and oxygen atoms in total. The lowest BCUT2D eigenvalue weighted by molar-refractivity contribution is -0.128. The Morgan fingerprint density at radius 1 is 1.04 bits per heavy atom. The van der Waals surface area contributed by atoms with Gasteiger partial charge in [-0.25, -0.2) is 0 Å². The zero-order valence-electron chi connectivity index (χ0n) is 14.7. The number of carbonyl (C=O) groups excluding carboxylic acids is 2. The number of nitrogens with one attached hydrogen (secondary N) is 2. The molecule has 2 amide bonds. The Morgan fingerprint density at radius 3 is 2.52 bits per heavy atom. The molecule has 0 spiro atoms. The van der Waals surface area contributed by atoms with Crippen LogP contribution in [0.15, 0.2) is 41.3 Å². The van der Waals surface area contributed by atoms with Gasteiger partial charge in [0.1, 0.15) is 0 Å². The quantitative estimate of drug-likeness (QED) is 0.519. The molecule has 2 rings (SSSR count). The van der Waals surface area contributed by atoms with Crippen LogP contribution in [0, 0.1) is 6.92 Å². The van der Waals surface area contributed by atoms with Crippen LogP contribution in [0.1, 0.15) is 5.56 Å². The SMILES string of the molecule is COc1cc(C)ccc1OCC(=O)NNC(=O)CSc1cc(Cl)ccc1Cl. The van der Waals surface area contributed by atoms with Crippen molar-refractivity contribution in [1.82, 2.24) is 10.9 Å². The molecule has 0 atom stereocenters. The normalized spacial score (nSPS) is 10.2. The first-order valence-electron chi connectivity index (χ1n) is 7.82. The molecule has 27 heavy (non-hydrogen) atoms. The number of benzene rings is 2. The lowest BCUT2D eigenvalue weighted by Crippen LogP contribution is -2.44. The molecular weight excluding hydrogens is 411 g/mol. The van der Waals surface area contributed by atoms with Crippen molar-refractivity contribution in [2.24, 2.45) is 0 Å². The lowest BCUT2D eigenvalue weighted by atomic mass is 10.2. The summed E-state index contributed by atoms with van der Waals surface area (Å²) < 4.78 is 10.6. The number of carbonyl (C=O) groups is 2. The first-order valence-corrected chi connectivity index (χ1v) is 9.56. The Balaban J connectivity index is 1.75. The van der Waals surface area contributed by atoms with Crippen molar-refractivity contribution in [3.05, 3.63) is 52.0 Å². The number of hydrazine groups is 1. The van der Waals surface area contributed by atoms with Gasteiger partial charge in [0.05, 0.1) is 17.9 Å². The number of thioether (sulfide) groups is 1. The summed E-state index contributed by atoms with van der Waals surface area (Å²) in [5.74, 6) is 0.138. The highest BCUT2D eigenvalue weighted by atomic mass is 35.5. The second-order valence-corrected chi connectivity index (χ2v) is 7.26. The van der Waals surface area contributed by atoms with E-state index in [1.54, 1.807) is 30.3 Å². The number of halogens is 2. The van der Waals surface area contributed by atoms with E-state index in [2.05, 4.69) is 10.9 Å². The van der Waals surface area contributed by atoms with Crippen LogP contribution in [0.4, 0.5) is 0 Å². The average molecular weight is 429 g/mol. The number of rotatable bonds is 7. The number of aryl methyl sites for hydroxylation is 1. The van der Waals surface area contributed by atoms with Crippen LogP contribution in [-0.4, -0.2) is 31.3 Å². The van der Waals surface area contributed by atoms with Crippen molar-refractivity contribution in [2.45, 2.75) is 11.8 Å². The highest BCUT2D eigenvalue weighted by Crippen LogP contribution is 2.29. The number of hydrogen-bond donors (Lipinski definition) is 2. The molecule has 0 aromatic heterocycles. The van der Waals surface area contributed by atoms with E-state index in [9.17, 15) is 9.59 Å². The maximum atomic E-state index is 11.8. The van der Waals surface area contributed by atoms with Crippen LogP contribution < -0.4 is 20.3 Å². The molecule has 0 saturated heterocycles. The van der Waals surface area contributed by atoms with E-state index >= 15 is 0 Å². The third kappa shape index (κ3) is 6.86. The van der Waals surface area contributed by atoms with E-state index < -0.39 is 11.8 Å². The molecule has 0 saturated carbocycles. The van der Waals surface area contributed by atoms with Crippen LogP contribution in [0.2, 0.25) is 10.0 Å². The molecule has 0 unspecified atom stereocenters. The summed E-state index contributed by atoms with van der Waals surface area (Å²) >= 11 is 13.1. The molecule has 144 valence electrons. The summed E-state index contributed by atoms with van der Waals surface area (Å²) in [5, 5.41) is 1.03. The van der Waals surface area contributed by atoms with Gasteiger partial charge in [-0.2, -0.15) is 0 Å². The molecule has 0 radical (unpaired) electrons. The van der Waals surface area contributed by atoms with Crippen LogP contribution in [0.25, 0.3) is 0 Å². The van der Waals surface area contributed by atoms with Crippen molar-refractivity contribution in [3.8, 4) is 11.5 Å². The fraction of sp³-hybridized carbons (Fsp3) is 0.222. The molecule has 0 aliphatic rings. The van der Waals surface area contributed by atoms with E-state index in [0.29, 0.717) is 26.4 Å². The van der Waals surface area contributed by atoms with Crippen LogP contribution >= 0.6 is 35.0 Å². The first-order chi connectivity index (χ1) is 12.9. The Labute approximate surface area is 171 Å². The molecule has 2 aromatic carbocycles. The van der Waals surface area contributed by atoms with Gasteiger partial charge in [0.25, 0.3) is 5.91 Å². The second-order valence-electron chi connectivity index (χ2n) is 5.40. The molecule has 2 N–H and O–H groups in total. The molecule has 0 heterocycles. The smallest absolute Gasteiger partial charge is 0.276 e. The van der Waals surface area contributed by atoms with Crippen molar-refractivity contribution in [1.29, 1.82) is 0 Å². The monoisotopic (exact) mass is 428 g/mol. The highest BCUT2D eigenvalue weighted by Gasteiger charge is 2.10. The lowest BCUT2D eigenvalue weighted by Gasteiger charge is -2.12. The molecular formula is C18H18Cl2N2O4S. The van der Waals surface area contributed by atoms with E-state index in [4.69, 9.17) is 32.7 Å². The maximum Gasteiger partial charge on any atom is 0.276 e. The Bertz CT molecular complexity index is 833. The number of methoxy groups -OCH3 is 1. The third-order valence-corrected chi connectivity index (χ3v) is 5.00. The molecule has 2 aromatic rings. The minimum atomic E-state index is -0.503. The van der Waals surface area contributed by atoms with Gasteiger partial charge in [0.15, 0.2) is 18.1 Å². The number of amides is 2. The summed E-state index contributed by atoms with van der Waals surface area (Å²) in [7, 11) is 1.52. The maximum absolute atomic E-state index is 11.8. The van der Waals surface area contributed by atoms with Gasteiger partial charge in [-0.05, 0) is 42.8 Å². The summed E-state index contributed by atoms with van der Waals surface area (Å²) in [4.78, 5) is 24.4. The van der Waals surface area contributed by atoms with E-state index in [1.807, 2.05) is 13.0 Å². The molecule has 0 aliphatic carbocycles. The predicted octanol–water partition coefficient (Wildman–Crippen LogP) is 3.63. The predicted molar refractivity (Wildman–Crippen MR) is 107 cm³/mol. The summed E-state index contributed by atoms with van der Waals surface area (Å²) in [6.45, 7) is 1.65. The fourth-order valence-corrected chi connectivity index (χ4v) is 3.27. The molecule has 0 bridgehead atoms. The van der Waals surface area contributed by atoms with E-state index in [-0.39, 0.29) is 12.4 Å². The van der Waals surface area contributed by atoms with Gasteiger partial charge in [-0.3, -0.25) is 20.4 Å². The fourth-order valence-electron chi connectivity index (χ4n) is 1.98. The van der Waals surface area contributed by atoms with Crippen LogP contribution in [0.3, 0.4) is 0 Å². The average Bonchev–Trinajstić information content (AvgIpc) is 2.65. The van der Waals surface area contributed by atoms with Gasteiger partial charge in [0.2, 0.25) is 5.91 Å². The van der Waals surface area contributed by atoms with Crippen LogP contribution in [-0.2, 0) is 9.59 Å². The van der Waals surface area contributed by atoms with Crippen LogP contribution in [0.5, 0.6) is 11.5 Å². The van der Waals surface area contributed by atoms with Gasteiger partial charge < -0.3 is 9.47 Å². The Kier molecular flexibility index (Phi) is 8.09. The zero-order valence-corrected chi connectivity index (χ0v) is 17.0. The largest absolute Gasteiger partial charge is 0.493 e. The summed E-state index contributed by atoms with van der Waals surface area (Å²) in [6.07, 6.45) is 0. The van der Waals surface area contributed by atoms with Crippen molar-refractivity contribution in [3.63, 3.8) is 0 Å². The van der Waals surface area contributed by atoms with E-state index in [0.717, 1.165) is 5.56 Å². The Hall–Kier alpha value is -2.09. The van der Waals surface area contributed by atoms with Gasteiger partial charge >= 0.3 is 0 Å². The third-order valence-electron chi connectivity index (χ3n) is 3.27. The minimum absolute atomic E-state index is 0.0625. The summed E-state index contributed by atoms with van der Waals surface area (Å²) in [6, 6.07) is 10.3. The highest BCUT2D eigenvalue weighted by molar-refractivity contribution is 8.00. The topological polar surface area (TPSA) is 76.7 Å². The van der Waals surface area contributed by atoms with Crippen molar-refractivity contribution >= 4 is 46.8 Å². The van der Waals surface area contributed by atoms with Gasteiger partial charge in [-0.1, -0.05) is 29.3 Å². The number of hydrogen-bond acceptors (Lipinski definition) is 5. The molecule has 0 fully saturated rings. The minimum Gasteiger partial charge on any atom is -0.493 e. The van der Waals surface area contributed by atoms with Gasteiger partial charge in [0, 0.05) is 9.92 Å². The van der Waals surface area contributed by atoms with Crippen molar-refractivity contribution in [2.75, 3.05) is 19.5 Å². The zero-order chi connectivity index (χ0) is 19.8. The van der Waals surface area contributed by atoms with E-state index in [1.165, 1.54) is 18.9 Å². The molecule has 0 aliphatic heterocycles. The number of ether oxygens (including phenoxy) is 2. The standard InChI is InChI=1S/C18H18Cl2N2O4S/c1-11-3-6-14(15(7-11)25-2)26-9-17(23)21-22-18(24)10-27-16-8-12(19)4-5-13(16)20/h3-8H,9-10H2,1-2H3,(H,21,23)(H,22,24).